The molecule has 1 amide bonds. The van der Waals surface area contributed by atoms with Crippen LogP contribution >= 0.6 is 34.4 Å². The van der Waals surface area contributed by atoms with Crippen molar-refractivity contribution in [2.75, 3.05) is 11.1 Å². The number of hydrogen-bond donors (Lipinski definition) is 1. The summed E-state index contributed by atoms with van der Waals surface area (Å²) in [6, 6.07) is 0. The van der Waals surface area contributed by atoms with Gasteiger partial charge in [0.1, 0.15) is 4.83 Å². The van der Waals surface area contributed by atoms with Crippen LogP contribution in [0.2, 0.25) is 0 Å². The van der Waals surface area contributed by atoms with E-state index in [4.69, 9.17) is 0 Å². The van der Waals surface area contributed by atoms with Crippen LogP contribution in [0.15, 0.2) is 15.3 Å². The summed E-state index contributed by atoms with van der Waals surface area (Å²) >= 11 is 4.29. The molecule has 0 spiro atoms. The van der Waals surface area contributed by atoms with E-state index in [0.29, 0.717) is 10.3 Å². The molecule has 0 fully saturated rings. The second-order valence-corrected chi connectivity index (χ2v) is 8.81. The number of anilines is 1. The molecular weight excluding hydrogens is 376 g/mol. The zero-order valence-corrected chi connectivity index (χ0v) is 16.2. The maximum atomic E-state index is 12.7. The molecule has 0 bridgehead atoms. The summed E-state index contributed by atoms with van der Waals surface area (Å²) in [5, 5.41) is 6.59. The first-order valence-electron chi connectivity index (χ1n) is 7.89. The first kappa shape index (κ1) is 16.7. The molecule has 130 valence electrons. The molecule has 9 heteroatoms. The van der Waals surface area contributed by atoms with Crippen LogP contribution in [0.1, 0.15) is 22.6 Å². The van der Waals surface area contributed by atoms with Gasteiger partial charge in [0, 0.05) is 17.3 Å². The Kier molecular flexibility index (Phi) is 4.38. The lowest BCUT2D eigenvalue weighted by atomic mass is 10.2. The largest absolute Gasteiger partial charge is 0.301 e. The Morgan fingerprint density at radius 2 is 2.24 bits per heavy atom. The second kappa shape index (κ2) is 6.54. The number of thiophene rings is 1. The number of thiazole rings is 1. The van der Waals surface area contributed by atoms with E-state index in [1.807, 2.05) is 12.3 Å². The lowest BCUT2D eigenvalue weighted by Crippen LogP contribution is -2.21. The number of fused-ring (bicyclic) bond motifs is 3. The highest BCUT2D eigenvalue weighted by Crippen LogP contribution is 2.35. The Morgan fingerprint density at radius 1 is 1.40 bits per heavy atom. The van der Waals surface area contributed by atoms with Crippen LogP contribution in [-0.4, -0.2) is 26.2 Å². The Balaban J connectivity index is 1.54. The zero-order chi connectivity index (χ0) is 17.6. The van der Waals surface area contributed by atoms with Gasteiger partial charge in [0.05, 0.1) is 16.8 Å². The van der Waals surface area contributed by atoms with Gasteiger partial charge in [-0.15, -0.1) is 22.7 Å². The normalized spacial score (nSPS) is 13.4. The molecule has 25 heavy (non-hydrogen) atoms. The minimum Gasteiger partial charge on any atom is -0.301 e. The fourth-order valence-electron chi connectivity index (χ4n) is 2.93. The number of rotatable bonds is 4. The molecule has 3 aromatic rings. The SMILES string of the molecule is Cc1csc(NC(=O)CSc2nc3sc4c(c3c(=O)n2C)CCC4)n1. The molecule has 0 saturated heterocycles. The highest BCUT2D eigenvalue weighted by Gasteiger charge is 2.22. The number of amides is 1. The van der Waals surface area contributed by atoms with Crippen LogP contribution in [0.25, 0.3) is 10.2 Å². The topological polar surface area (TPSA) is 76.9 Å². The molecular formula is C16H16N4O2S3. The van der Waals surface area contributed by atoms with E-state index in [2.05, 4.69) is 15.3 Å². The van der Waals surface area contributed by atoms with Gasteiger partial charge in [0.15, 0.2) is 10.3 Å². The summed E-state index contributed by atoms with van der Waals surface area (Å²) in [7, 11) is 1.72. The van der Waals surface area contributed by atoms with Gasteiger partial charge in [-0.25, -0.2) is 9.97 Å². The molecule has 0 atom stereocenters. The van der Waals surface area contributed by atoms with Crippen molar-refractivity contribution in [3.8, 4) is 0 Å². The molecule has 1 aliphatic carbocycles. The van der Waals surface area contributed by atoms with Crippen molar-refractivity contribution in [1.29, 1.82) is 0 Å². The van der Waals surface area contributed by atoms with E-state index < -0.39 is 0 Å². The second-order valence-electron chi connectivity index (χ2n) is 5.93. The summed E-state index contributed by atoms with van der Waals surface area (Å²) in [5.74, 6) is 0.0394. The Hall–Kier alpha value is -1.71. The summed E-state index contributed by atoms with van der Waals surface area (Å²) in [4.78, 5) is 35.7. The van der Waals surface area contributed by atoms with Crippen molar-refractivity contribution in [3.05, 3.63) is 31.9 Å². The van der Waals surface area contributed by atoms with Gasteiger partial charge in [0.25, 0.3) is 5.56 Å². The minimum atomic E-state index is -0.151. The van der Waals surface area contributed by atoms with Crippen molar-refractivity contribution in [1.82, 2.24) is 14.5 Å². The number of aryl methyl sites for hydroxylation is 3. The van der Waals surface area contributed by atoms with E-state index in [9.17, 15) is 9.59 Å². The third-order valence-corrected chi connectivity index (χ3v) is 7.19. The quantitative estimate of drug-likeness (QED) is 0.546. The molecule has 6 nitrogen and oxygen atoms in total. The van der Waals surface area contributed by atoms with Crippen molar-refractivity contribution in [2.24, 2.45) is 7.05 Å². The van der Waals surface area contributed by atoms with Crippen molar-refractivity contribution in [3.63, 3.8) is 0 Å². The molecule has 4 rings (SSSR count). The van der Waals surface area contributed by atoms with Crippen LogP contribution in [-0.2, 0) is 24.7 Å². The third kappa shape index (κ3) is 3.11. The fourth-order valence-corrected chi connectivity index (χ4v) is 5.71. The van der Waals surface area contributed by atoms with Gasteiger partial charge in [-0.05, 0) is 31.7 Å². The minimum absolute atomic E-state index is 0.0112. The van der Waals surface area contributed by atoms with Gasteiger partial charge in [0.2, 0.25) is 5.91 Å². The number of hydrogen-bond acceptors (Lipinski definition) is 7. The lowest BCUT2D eigenvalue weighted by molar-refractivity contribution is -0.113. The lowest BCUT2D eigenvalue weighted by Gasteiger charge is -2.07. The average molecular weight is 393 g/mol. The number of aromatic nitrogens is 3. The predicted molar refractivity (Wildman–Crippen MR) is 103 cm³/mol. The van der Waals surface area contributed by atoms with Crippen LogP contribution in [0.4, 0.5) is 5.13 Å². The van der Waals surface area contributed by atoms with Crippen LogP contribution < -0.4 is 10.9 Å². The molecule has 1 N–H and O–H groups in total. The van der Waals surface area contributed by atoms with Crippen LogP contribution in [0.3, 0.4) is 0 Å². The van der Waals surface area contributed by atoms with E-state index in [0.717, 1.165) is 35.2 Å². The monoisotopic (exact) mass is 392 g/mol. The maximum Gasteiger partial charge on any atom is 0.262 e. The van der Waals surface area contributed by atoms with Crippen molar-refractivity contribution in [2.45, 2.75) is 31.3 Å². The summed E-state index contributed by atoms with van der Waals surface area (Å²) in [5.41, 5.74) is 2.05. The number of carbonyl (C=O) groups excluding carboxylic acids is 1. The Morgan fingerprint density at radius 3 is 3.00 bits per heavy atom. The van der Waals surface area contributed by atoms with Crippen LogP contribution in [0, 0.1) is 6.92 Å². The maximum absolute atomic E-state index is 12.7. The fraction of sp³-hybridized carbons (Fsp3) is 0.375. The van der Waals surface area contributed by atoms with E-state index in [1.54, 1.807) is 23.0 Å². The van der Waals surface area contributed by atoms with Gasteiger partial charge in [-0.2, -0.15) is 0 Å². The van der Waals surface area contributed by atoms with E-state index >= 15 is 0 Å². The molecule has 0 radical (unpaired) electrons. The first-order valence-corrected chi connectivity index (χ1v) is 10.6. The highest BCUT2D eigenvalue weighted by atomic mass is 32.2. The van der Waals surface area contributed by atoms with Gasteiger partial charge in [-0.1, -0.05) is 11.8 Å². The molecule has 1 aliphatic rings. The summed E-state index contributed by atoms with van der Waals surface area (Å²) < 4.78 is 1.55. The van der Waals surface area contributed by atoms with E-state index in [-0.39, 0.29) is 17.2 Å². The predicted octanol–water partition coefficient (Wildman–Crippen LogP) is 2.98. The zero-order valence-electron chi connectivity index (χ0n) is 13.8. The first-order chi connectivity index (χ1) is 12.0. The molecule has 0 aromatic carbocycles. The Labute approximate surface area is 156 Å². The number of thioether (sulfide) groups is 1. The molecule has 0 unspecified atom stereocenters. The van der Waals surface area contributed by atoms with E-state index in [1.165, 1.54) is 33.5 Å². The molecule has 3 heterocycles. The Bertz CT molecular complexity index is 1030. The van der Waals surface area contributed by atoms with Crippen molar-refractivity contribution < 1.29 is 4.79 Å². The number of carbonyl (C=O) groups is 1. The molecule has 0 aliphatic heterocycles. The number of nitrogens with zero attached hydrogens (tertiary/aromatic N) is 3. The average Bonchev–Trinajstić information content (AvgIpc) is 3.25. The third-order valence-electron chi connectivity index (χ3n) is 4.10. The van der Waals surface area contributed by atoms with Crippen LogP contribution in [0.5, 0.6) is 0 Å². The smallest absolute Gasteiger partial charge is 0.262 e. The van der Waals surface area contributed by atoms with Gasteiger partial charge >= 0.3 is 0 Å². The standard InChI is InChI=1S/C16H16N4O2S3/c1-8-6-23-15(17-8)18-11(21)7-24-16-19-13-12(14(22)20(16)2)9-4-3-5-10(9)25-13/h6H,3-5,7H2,1-2H3,(H,17,18,21). The van der Waals surface area contributed by atoms with Gasteiger partial charge in [-0.3, -0.25) is 14.2 Å². The summed E-state index contributed by atoms with van der Waals surface area (Å²) in [6.07, 6.45) is 3.12. The number of nitrogens with one attached hydrogen (secondary N) is 1. The molecule has 3 aromatic heterocycles. The van der Waals surface area contributed by atoms with Gasteiger partial charge < -0.3 is 5.32 Å². The van der Waals surface area contributed by atoms with Crippen molar-refractivity contribution >= 4 is 55.7 Å². The summed E-state index contributed by atoms with van der Waals surface area (Å²) in [6.45, 7) is 1.88. The highest BCUT2D eigenvalue weighted by molar-refractivity contribution is 7.99. The molecule has 0 saturated carbocycles.